The van der Waals surface area contributed by atoms with Crippen molar-refractivity contribution in [3.05, 3.63) is 248 Å². The molecule has 4 aliphatic heterocycles. The molecular formula is C74H73N9O7S3. The molecule has 0 N–H and O–H groups in total. The Morgan fingerprint density at radius 3 is 1.26 bits per heavy atom. The summed E-state index contributed by atoms with van der Waals surface area (Å²) >= 11 is 0. The van der Waals surface area contributed by atoms with E-state index in [2.05, 4.69) is 75.0 Å². The van der Waals surface area contributed by atoms with Gasteiger partial charge in [-0.05, 0) is 159 Å². The van der Waals surface area contributed by atoms with Gasteiger partial charge in [0.2, 0.25) is 0 Å². The van der Waals surface area contributed by atoms with Gasteiger partial charge in [-0.1, -0.05) is 103 Å². The van der Waals surface area contributed by atoms with Crippen LogP contribution in [-0.2, 0) is 34.8 Å². The van der Waals surface area contributed by atoms with E-state index in [1.807, 2.05) is 103 Å². The van der Waals surface area contributed by atoms with Crippen LogP contribution < -0.4 is 4.90 Å². The van der Waals surface area contributed by atoms with Gasteiger partial charge < -0.3 is 24.3 Å². The number of anilines is 1. The summed E-state index contributed by atoms with van der Waals surface area (Å²) in [4.78, 5) is 18.1. The number of aromatic nitrogens is 5. The first-order valence-electron chi connectivity index (χ1n) is 31.3. The molecule has 5 aromatic heterocycles. The lowest BCUT2D eigenvalue weighted by molar-refractivity contribution is 0.122. The molecule has 0 spiro atoms. The van der Waals surface area contributed by atoms with Gasteiger partial charge in [0.15, 0.2) is 0 Å². The summed E-state index contributed by atoms with van der Waals surface area (Å²) in [5, 5.41) is 2.88. The predicted molar refractivity (Wildman–Crippen MR) is 373 cm³/mol. The van der Waals surface area contributed by atoms with Crippen molar-refractivity contribution in [3.63, 3.8) is 0 Å². The fourth-order valence-electron chi connectivity index (χ4n) is 12.6. The van der Waals surface area contributed by atoms with Gasteiger partial charge in [0.25, 0.3) is 30.1 Å². The first-order chi connectivity index (χ1) is 45.1. The van der Waals surface area contributed by atoms with E-state index in [1.165, 1.54) is 28.6 Å². The van der Waals surface area contributed by atoms with Crippen molar-refractivity contribution in [2.75, 3.05) is 91.6 Å². The number of ether oxygens (including phenoxy) is 1. The Bertz CT molecular complexity index is 4750. The maximum absolute atomic E-state index is 13.6. The molecule has 1 fully saturated rings. The number of para-hydroxylation sites is 1. The van der Waals surface area contributed by atoms with Crippen molar-refractivity contribution in [3.8, 4) is 22.3 Å². The van der Waals surface area contributed by atoms with Crippen LogP contribution in [0.5, 0.6) is 0 Å². The minimum absolute atomic E-state index is 0.280. The second kappa shape index (κ2) is 26.9. The van der Waals surface area contributed by atoms with E-state index in [9.17, 15) is 25.3 Å². The topological polar surface area (TPSA) is 165 Å². The SMILES string of the molecule is CN1CC=C(c2cn(S(=O)(=O)c3ccc(N4CCOCC4)cc3)c3ccccc23)CC1.CN1CC=C(c2cn(S(=O)(=O)c3ccccc3)c3cc(-c4cccnc4)ccc23)CC1.CN1CC=C(c2cn(S(=O)(=O)c3ccccc3)c3cc(-c4ccncc4)ccc23)CC1. The zero-order valence-corrected chi connectivity index (χ0v) is 54.7. The van der Waals surface area contributed by atoms with Crippen molar-refractivity contribution < 1.29 is 30.0 Å². The average Bonchev–Trinajstić information content (AvgIpc) is 1.64. The molecule has 9 heterocycles. The van der Waals surface area contributed by atoms with Gasteiger partial charge in [-0.25, -0.2) is 37.2 Å². The number of benzene rings is 6. The Kier molecular flexibility index (Phi) is 18.1. The molecule has 474 valence electrons. The summed E-state index contributed by atoms with van der Waals surface area (Å²) in [7, 11) is -4.87. The molecule has 11 aromatic rings. The highest BCUT2D eigenvalue weighted by atomic mass is 32.2. The molecule has 0 saturated carbocycles. The van der Waals surface area contributed by atoms with Gasteiger partial charge in [0.05, 0.1) is 44.5 Å². The first-order valence-corrected chi connectivity index (χ1v) is 35.6. The highest BCUT2D eigenvalue weighted by Crippen LogP contribution is 2.39. The summed E-state index contributed by atoms with van der Waals surface area (Å²) in [5.74, 6) is 0. The van der Waals surface area contributed by atoms with Crippen molar-refractivity contribution in [2.24, 2.45) is 0 Å². The largest absolute Gasteiger partial charge is 0.378 e. The third kappa shape index (κ3) is 13.1. The van der Waals surface area contributed by atoms with E-state index in [-0.39, 0.29) is 9.79 Å². The minimum atomic E-state index is -3.73. The van der Waals surface area contributed by atoms with Crippen molar-refractivity contribution in [1.82, 2.24) is 36.6 Å². The van der Waals surface area contributed by atoms with E-state index in [1.54, 1.807) is 104 Å². The molecule has 19 heteroatoms. The van der Waals surface area contributed by atoms with Crippen LogP contribution in [0, 0.1) is 0 Å². The maximum Gasteiger partial charge on any atom is 0.268 e. The van der Waals surface area contributed by atoms with E-state index < -0.39 is 30.1 Å². The summed E-state index contributed by atoms with van der Waals surface area (Å²) in [6.07, 6.45) is 21.7. The first kappa shape index (κ1) is 62.7. The highest BCUT2D eigenvalue weighted by molar-refractivity contribution is 7.90. The van der Waals surface area contributed by atoms with Gasteiger partial charge in [-0.2, -0.15) is 0 Å². The third-order valence-electron chi connectivity index (χ3n) is 17.9. The number of nitrogens with zero attached hydrogens (tertiary/aromatic N) is 9. The maximum atomic E-state index is 13.6. The van der Waals surface area contributed by atoms with Crippen molar-refractivity contribution in [1.29, 1.82) is 0 Å². The summed E-state index contributed by atoms with van der Waals surface area (Å²) in [5.41, 5.74) is 13.6. The van der Waals surface area contributed by atoms with Crippen LogP contribution in [0.1, 0.15) is 36.0 Å². The second-order valence-electron chi connectivity index (χ2n) is 23.9. The molecule has 93 heavy (non-hydrogen) atoms. The fraction of sp³-hybridized carbons (Fsp3) is 0.216. The van der Waals surface area contributed by atoms with Gasteiger partial charge >= 0.3 is 0 Å². The van der Waals surface area contributed by atoms with E-state index in [0.29, 0.717) is 29.1 Å². The lowest BCUT2D eigenvalue weighted by atomic mass is 9.97. The number of pyridine rings is 2. The molecule has 0 radical (unpaired) electrons. The quantitative estimate of drug-likeness (QED) is 0.114. The van der Waals surface area contributed by atoms with Crippen LogP contribution in [0.15, 0.2) is 246 Å². The zero-order chi connectivity index (χ0) is 64.3. The van der Waals surface area contributed by atoms with Gasteiger partial charge in [-0.15, -0.1) is 0 Å². The fourth-order valence-corrected chi connectivity index (χ4v) is 16.7. The smallest absolute Gasteiger partial charge is 0.268 e. The molecule has 0 bridgehead atoms. The summed E-state index contributed by atoms with van der Waals surface area (Å²) in [6, 6.07) is 52.0. The Morgan fingerprint density at radius 1 is 0.376 bits per heavy atom. The Labute approximate surface area is 544 Å². The molecule has 0 atom stereocenters. The summed E-state index contributed by atoms with van der Waals surface area (Å²) in [6.45, 7) is 8.53. The molecule has 16 nitrogen and oxygen atoms in total. The third-order valence-corrected chi connectivity index (χ3v) is 22.9. The number of hydrogen-bond donors (Lipinski definition) is 0. The van der Waals surface area contributed by atoms with Crippen LogP contribution in [0.2, 0.25) is 0 Å². The van der Waals surface area contributed by atoms with Crippen LogP contribution in [0.3, 0.4) is 0 Å². The van der Waals surface area contributed by atoms with Gasteiger partial charge in [0.1, 0.15) is 0 Å². The van der Waals surface area contributed by atoms with Gasteiger partial charge in [-0.3, -0.25) is 9.97 Å². The standard InChI is InChI=1S/2C25H23N3O2S.C24H27N3O3S/c1-27-14-11-19(12-15-27)24-18-28(31(29,30)22-7-3-2-4-8-22)25-16-20(9-10-23(24)25)21-6-5-13-26-17-21;1-27-15-11-20(12-16-27)24-18-28(31(29,30)22-5-3-2-4-6-22)25-17-21(7-8-23(24)25)19-9-13-26-14-10-19;1-25-12-10-19(11-13-25)23-18-27(24-5-3-2-4-22(23)24)31(28,29)21-8-6-20(7-9-21)26-14-16-30-17-15-26/h2-11,13,16-18H,12,14-15H2,1H3;2-11,13-14,17-18H,12,15-16H2,1H3;2-10,18H,11-17H2,1H3. The molecule has 0 unspecified atom stereocenters. The Morgan fingerprint density at radius 2 is 0.806 bits per heavy atom. The average molecular weight is 1300 g/mol. The molecule has 4 aliphatic rings. The second-order valence-corrected chi connectivity index (χ2v) is 29.4. The number of hydrogen-bond acceptors (Lipinski definition) is 13. The zero-order valence-electron chi connectivity index (χ0n) is 52.2. The molecule has 6 aromatic carbocycles. The number of fused-ring (bicyclic) bond motifs is 3. The van der Waals surface area contributed by atoms with E-state index in [4.69, 9.17) is 4.74 Å². The van der Waals surface area contributed by atoms with Crippen LogP contribution >= 0.6 is 0 Å². The Balaban J connectivity index is 0.000000127. The van der Waals surface area contributed by atoms with Crippen molar-refractivity contribution in [2.45, 2.75) is 33.9 Å². The number of morpholine rings is 1. The van der Waals surface area contributed by atoms with Crippen LogP contribution in [0.25, 0.3) is 71.7 Å². The number of likely N-dealkylation sites (N-methyl/N-ethyl adjacent to an activating group) is 3. The molecule has 0 amide bonds. The highest BCUT2D eigenvalue weighted by Gasteiger charge is 2.28. The molecular weight excluding hydrogens is 1220 g/mol. The van der Waals surface area contributed by atoms with E-state index in [0.717, 1.165) is 138 Å². The van der Waals surface area contributed by atoms with Crippen LogP contribution in [-0.4, -0.2) is 149 Å². The minimum Gasteiger partial charge on any atom is -0.378 e. The summed E-state index contributed by atoms with van der Waals surface area (Å²) < 4.78 is 91.2. The lowest BCUT2D eigenvalue weighted by Gasteiger charge is -2.28. The van der Waals surface area contributed by atoms with Gasteiger partial charge in [0, 0.05) is 140 Å². The molecule has 15 rings (SSSR count). The normalized spacial score (nSPS) is 16.2. The van der Waals surface area contributed by atoms with Crippen LogP contribution in [0.4, 0.5) is 5.69 Å². The van der Waals surface area contributed by atoms with E-state index >= 15 is 0 Å². The Hall–Kier alpha value is -9.05. The van der Waals surface area contributed by atoms with Crippen molar-refractivity contribution >= 4 is 85.2 Å². The molecule has 0 aliphatic carbocycles. The predicted octanol–water partition coefficient (Wildman–Crippen LogP) is 12.8. The monoisotopic (exact) mass is 1300 g/mol. The number of rotatable bonds is 12. The lowest BCUT2D eigenvalue weighted by Crippen LogP contribution is -2.36. The molecule has 1 saturated heterocycles.